The Balaban J connectivity index is 1.37. The lowest BCUT2D eigenvalue weighted by atomic mass is 9.95. The van der Waals surface area contributed by atoms with Crippen molar-refractivity contribution in [1.29, 1.82) is 0 Å². The number of piperidine rings is 1. The van der Waals surface area contributed by atoms with E-state index in [0.29, 0.717) is 25.3 Å². The van der Waals surface area contributed by atoms with E-state index in [1.54, 1.807) is 23.9 Å². The summed E-state index contributed by atoms with van der Waals surface area (Å²) in [5.74, 6) is 0.984. The molecular weight excluding hydrogens is 339 g/mol. The summed E-state index contributed by atoms with van der Waals surface area (Å²) >= 11 is 1.57. The van der Waals surface area contributed by atoms with Crippen LogP contribution in [-0.4, -0.2) is 53.5 Å². The van der Waals surface area contributed by atoms with E-state index in [9.17, 15) is 14.0 Å². The van der Waals surface area contributed by atoms with Gasteiger partial charge in [-0.25, -0.2) is 4.39 Å². The first-order valence-corrected chi connectivity index (χ1v) is 10.1. The van der Waals surface area contributed by atoms with Crippen molar-refractivity contribution in [3.8, 4) is 0 Å². The van der Waals surface area contributed by atoms with Crippen LogP contribution in [0.1, 0.15) is 32.1 Å². The number of carbonyl (C=O) groups is 2. The van der Waals surface area contributed by atoms with Gasteiger partial charge in [0.15, 0.2) is 0 Å². The number of carbonyl (C=O) groups excluding carboxylic acids is 2. The third kappa shape index (κ3) is 4.97. The van der Waals surface area contributed by atoms with Crippen LogP contribution in [0.15, 0.2) is 29.2 Å². The van der Waals surface area contributed by atoms with E-state index >= 15 is 0 Å². The van der Waals surface area contributed by atoms with E-state index in [4.69, 9.17) is 0 Å². The SMILES string of the molecule is O=C(CCSc1ccc(F)cc1)N1CCC(C(=O)N2CCCC2)CC1. The number of benzene rings is 1. The largest absolute Gasteiger partial charge is 0.343 e. The topological polar surface area (TPSA) is 40.6 Å². The molecule has 0 radical (unpaired) electrons. The molecule has 0 unspecified atom stereocenters. The summed E-state index contributed by atoms with van der Waals surface area (Å²) in [6.45, 7) is 3.17. The third-order valence-electron chi connectivity index (χ3n) is 5.01. The molecule has 0 aliphatic carbocycles. The number of rotatable bonds is 5. The fourth-order valence-electron chi connectivity index (χ4n) is 3.52. The van der Waals surface area contributed by atoms with Gasteiger partial charge in [-0.15, -0.1) is 11.8 Å². The highest BCUT2D eigenvalue weighted by Gasteiger charge is 2.30. The minimum absolute atomic E-state index is 0.0933. The van der Waals surface area contributed by atoms with Gasteiger partial charge in [0.1, 0.15) is 5.82 Å². The van der Waals surface area contributed by atoms with Crippen molar-refractivity contribution in [2.75, 3.05) is 31.9 Å². The molecule has 0 N–H and O–H groups in total. The van der Waals surface area contributed by atoms with Crippen molar-refractivity contribution >= 4 is 23.6 Å². The Hall–Kier alpha value is -1.56. The van der Waals surface area contributed by atoms with Crippen molar-refractivity contribution in [2.45, 2.75) is 37.0 Å². The lowest BCUT2D eigenvalue weighted by molar-refractivity contribution is -0.139. The molecule has 1 aromatic carbocycles. The first kappa shape index (κ1) is 18.2. The van der Waals surface area contributed by atoms with E-state index in [2.05, 4.69) is 0 Å². The first-order chi connectivity index (χ1) is 12.1. The van der Waals surface area contributed by atoms with E-state index < -0.39 is 0 Å². The number of thioether (sulfide) groups is 1. The molecular formula is C19H25FN2O2S. The van der Waals surface area contributed by atoms with Crippen LogP contribution in [0.5, 0.6) is 0 Å². The molecule has 2 heterocycles. The number of nitrogens with zero attached hydrogens (tertiary/aromatic N) is 2. The Kier molecular flexibility index (Phi) is 6.34. The molecule has 2 aliphatic heterocycles. The summed E-state index contributed by atoms with van der Waals surface area (Å²) in [5.41, 5.74) is 0. The molecule has 4 nitrogen and oxygen atoms in total. The molecule has 0 spiro atoms. The molecule has 0 bridgehead atoms. The molecule has 136 valence electrons. The fourth-order valence-corrected chi connectivity index (χ4v) is 4.36. The standard InChI is InChI=1S/C19H25FN2O2S/c20-16-3-5-17(6-4-16)25-14-9-18(23)21-12-7-15(8-13-21)19(24)22-10-1-2-11-22/h3-6,15H,1-2,7-14H2. The number of likely N-dealkylation sites (tertiary alicyclic amines) is 2. The quantitative estimate of drug-likeness (QED) is 0.754. The molecule has 2 amide bonds. The van der Waals surface area contributed by atoms with Gasteiger partial charge in [-0.3, -0.25) is 9.59 Å². The Bertz CT molecular complexity index is 594. The molecule has 6 heteroatoms. The van der Waals surface area contributed by atoms with Crippen molar-refractivity contribution in [3.63, 3.8) is 0 Å². The Morgan fingerprint density at radius 3 is 2.28 bits per heavy atom. The summed E-state index contributed by atoms with van der Waals surface area (Å²) in [4.78, 5) is 29.6. The van der Waals surface area contributed by atoms with Crippen LogP contribution in [0.3, 0.4) is 0 Å². The Morgan fingerprint density at radius 1 is 1.00 bits per heavy atom. The van der Waals surface area contributed by atoms with Gasteiger partial charge >= 0.3 is 0 Å². The third-order valence-corrected chi connectivity index (χ3v) is 6.03. The summed E-state index contributed by atoms with van der Waals surface area (Å²) in [5, 5.41) is 0. The lowest BCUT2D eigenvalue weighted by Gasteiger charge is -2.33. The summed E-state index contributed by atoms with van der Waals surface area (Å²) < 4.78 is 12.9. The maximum Gasteiger partial charge on any atom is 0.225 e. The Labute approximate surface area is 152 Å². The Morgan fingerprint density at radius 2 is 1.64 bits per heavy atom. The minimum atomic E-state index is -0.244. The van der Waals surface area contributed by atoms with Crippen LogP contribution in [0.25, 0.3) is 0 Å². The smallest absolute Gasteiger partial charge is 0.225 e. The molecule has 3 rings (SSSR count). The maximum atomic E-state index is 12.9. The normalized spacial score (nSPS) is 18.6. The van der Waals surface area contributed by atoms with Gasteiger partial charge in [0, 0.05) is 49.2 Å². The van der Waals surface area contributed by atoms with Gasteiger partial charge in [-0.05, 0) is 49.9 Å². The van der Waals surface area contributed by atoms with Crippen LogP contribution in [0.4, 0.5) is 4.39 Å². The average molecular weight is 364 g/mol. The summed E-state index contributed by atoms with van der Waals surface area (Å²) in [6.07, 6.45) is 4.29. The van der Waals surface area contributed by atoms with Gasteiger partial charge in [-0.1, -0.05) is 0 Å². The zero-order valence-corrected chi connectivity index (χ0v) is 15.3. The molecule has 2 aliphatic rings. The summed E-state index contributed by atoms with van der Waals surface area (Å²) in [6, 6.07) is 6.35. The van der Waals surface area contributed by atoms with Crippen molar-refractivity contribution < 1.29 is 14.0 Å². The molecule has 2 fully saturated rings. The van der Waals surface area contributed by atoms with Crippen LogP contribution < -0.4 is 0 Å². The number of hydrogen-bond donors (Lipinski definition) is 0. The average Bonchev–Trinajstić information content (AvgIpc) is 3.17. The second-order valence-corrected chi connectivity index (χ2v) is 7.91. The first-order valence-electron chi connectivity index (χ1n) is 9.08. The number of amides is 2. The van der Waals surface area contributed by atoms with Gasteiger partial charge < -0.3 is 9.80 Å². The van der Waals surface area contributed by atoms with Gasteiger partial charge in [0.05, 0.1) is 0 Å². The molecule has 0 atom stereocenters. The van der Waals surface area contributed by atoms with Crippen LogP contribution >= 0.6 is 11.8 Å². The zero-order valence-electron chi connectivity index (χ0n) is 14.5. The van der Waals surface area contributed by atoms with Crippen molar-refractivity contribution in [1.82, 2.24) is 9.80 Å². The second-order valence-electron chi connectivity index (χ2n) is 6.74. The van der Waals surface area contributed by atoms with E-state index in [1.165, 1.54) is 12.1 Å². The molecule has 25 heavy (non-hydrogen) atoms. The minimum Gasteiger partial charge on any atom is -0.343 e. The summed E-state index contributed by atoms with van der Waals surface area (Å²) in [7, 11) is 0. The molecule has 0 saturated carbocycles. The highest BCUT2D eigenvalue weighted by Crippen LogP contribution is 2.23. The highest BCUT2D eigenvalue weighted by molar-refractivity contribution is 7.99. The van der Waals surface area contributed by atoms with Gasteiger partial charge in [0.25, 0.3) is 0 Å². The fraction of sp³-hybridized carbons (Fsp3) is 0.579. The van der Waals surface area contributed by atoms with Crippen LogP contribution in [0.2, 0.25) is 0 Å². The predicted molar refractivity (Wildman–Crippen MR) is 96.9 cm³/mol. The second kappa shape index (κ2) is 8.70. The molecule has 0 aromatic heterocycles. The van der Waals surface area contributed by atoms with Crippen LogP contribution in [0, 0.1) is 11.7 Å². The maximum absolute atomic E-state index is 12.9. The lowest BCUT2D eigenvalue weighted by Crippen LogP contribution is -2.43. The van der Waals surface area contributed by atoms with E-state index in [1.807, 2.05) is 9.80 Å². The zero-order chi connectivity index (χ0) is 17.6. The highest BCUT2D eigenvalue weighted by atomic mass is 32.2. The monoisotopic (exact) mass is 364 g/mol. The molecule has 2 saturated heterocycles. The number of hydrogen-bond acceptors (Lipinski definition) is 3. The predicted octanol–water partition coefficient (Wildman–Crippen LogP) is 3.17. The van der Waals surface area contributed by atoms with E-state index in [0.717, 1.165) is 43.7 Å². The van der Waals surface area contributed by atoms with Gasteiger partial charge in [0.2, 0.25) is 11.8 Å². The van der Waals surface area contributed by atoms with Crippen LogP contribution in [-0.2, 0) is 9.59 Å². The van der Waals surface area contributed by atoms with Gasteiger partial charge in [-0.2, -0.15) is 0 Å². The molecule has 1 aromatic rings. The van der Waals surface area contributed by atoms with E-state index in [-0.39, 0.29) is 23.5 Å². The van der Waals surface area contributed by atoms with Crippen molar-refractivity contribution in [3.05, 3.63) is 30.1 Å². The van der Waals surface area contributed by atoms with Crippen molar-refractivity contribution in [2.24, 2.45) is 5.92 Å². The number of halogens is 1.